The lowest BCUT2D eigenvalue weighted by atomic mass is 10.1. The minimum Gasteiger partial charge on any atom is -0.388 e. The second kappa shape index (κ2) is 9.11. The molecular weight excluding hydrogens is 278 g/mol. The van der Waals surface area contributed by atoms with Gasteiger partial charge in [-0.05, 0) is 49.4 Å². The van der Waals surface area contributed by atoms with Crippen LogP contribution >= 0.6 is 12.2 Å². The molecule has 3 nitrogen and oxygen atoms in total. The van der Waals surface area contributed by atoms with E-state index in [2.05, 4.69) is 43.6 Å². The third-order valence-electron chi connectivity index (χ3n) is 3.56. The lowest BCUT2D eigenvalue weighted by Gasteiger charge is -2.25. The number of rotatable bonds is 9. The molecule has 1 aromatic rings. The summed E-state index contributed by atoms with van der Waals surface area (Å²) in [7, 11) is 0. The predicted octanol–water partition coefficient (Wildman–Crippen LogP) is 3.61. The van der Waals surface area contributed by atoms with Gasteiger partial charge >= 0.3 is 0 Å². The Hall–Kier alpha value is -1.00. The maximum absolute atomic E-state index is 5.79. The van der Waals surface area contributed by atoms with Gasteiger partial charge in [0.2, 0.25) is 0 Å². The van der Waals surface area contributed by atoms with Gasteiger partial charge in [-0.1, -0.05) is 46.0 Å². The van der Waals surface area contributed by atoms with E-state index in [9.17, 15) is 0 Å². The van der Waals surface area contributed by atoms with Crippen LogP contribution in [0, 0.1) is 11.8 Å². The van der Waals surface area contributed by atoms with Gasteiger partial charge in [-0.15, -0.1) is 0 Å². The van der Waals surface area contributed by atoms with Crippen molar-refractivity contribution < 1.29 is 0 Å². The van der Waals surface area contributed by atoms with Gasteiger partial charge in [0, 0.05) is 12.7 Å². The van der Waals surface area contributed by atoms with Crippen molar-refractivity contribution in [3.63, 3.8) is 0 Å². The molecule has 0 bridgehead atoms. The molecular formula is C17H29N3S. The van der Waals surface area contributed by atoms with Crippen LogP contribution in [-0.2, 0) is 6.54 Å². The molecule has 4 heteroatoms. The summed E-state index contributed by atoms with van der Waals surface area (Å²) in [6.07, 6.45) is 4.17. The van der Waals surface area contributed by atoms with Crippen molar-refractivity contribution in [3.8, 4) is 0 Å². The highest BCUT2D eigenvalue weighted by molar-refractivity contribution is 7.80. The van der Waals surface area contributed by atoms with Crippen molar-refractivity contribution in [1.82, 2.24) is 9.88 Å². The van der Waals surface area contributed by atoms with Crippen LogP contribution in [0.2, 0.25) is 0 Å². The summed E-state index contributed by atoms with van der Waals surface area (Å²) < 4.78 is 0. The van der Waals surface area contributed by atoms with Crippen molar-refractivity contribution in [2.24, 2.45) is 17.6 Å². The maximum Gasteiger partial charge on any atom is 0.123 e. The Morgan fingerprint density at radius 1 is 1.19 bits per heavy atom. The fourth-order valence-corrected chi connectivity index (χ4v) is 2.36. The SMILES string of the molecule is CC(C)CCN(CCC(C)C)Cc1cccnc1C(N)=S. The van der Waals surface area contributed by atoms with E-state index in [4.69, 9.17) is 18.0 Å². The Kier molecular flexibility index (Phi) is 7.83. The van der Waals surface area contributed by atoms with E-state index in [0.29, 0.717) is 4.99 Å². The number of pyridine rings is 1. The van der Waals surface area contributed by atoms with Crippen molar-refractivity contribution >= 4 is 17.2 Å². The van der Waals surface area contributed by atoms with Crippen molar-refractivity contribution in [1.29, 1.82) is 0 Å². The average molecular weight is 308 g/mol. The lowest BCUT2D eigenvalue weighted by Crippen LogP contribution is -2.29. The first-order valence-corrected chi connectivity index (χ1v) is 8.27. The Morgan fingerprint density at radius 2 is 1.76 bits per heavy atom. The molecule has 2 N–H and O–H groups in total. The average Bonchev–Trinajstić information content (AvgIpc) is 2.41. The summed E-state index contributed by atoms with van der Waals surface area (Å²) in [4.78, 5) is 7.21. The third kappa shape index (κ3) is 7.00. The summed E-state index contributed by atoms with van der Waals surface area (Å²) in [6, 6.07) is 4.04. The van der Waals surface area contributed by atoms with E-state index >= 15 is 0 Å². The first-order chi connectivity index (χ1) is 9.90. The van der Waals surface area contributed by atoms with E-state index in [1.54, 1.807) is 6.20 Å². The zero-order valence-corrected chi connectivity index (χ0v) is 14.6. The molecule has 0 aliphatic heterocycles. The van der Waals surface area contributed by atoms with Gasteiger partial charge in [0.25, 0.3) is 0 Å². The second-order valence-electron chi connectivity index (χ2n) is 6.52. The van der Waals surface area contributed by atoms with E-state index in [-0.39, 0.29) is 0 Å². The monoisotopic (exact) mass is 307 g/mol. The summed E-state index contributed by atoms with van der Waals surface area (Å²) in [6.45, 7) is 12.2. The molecule has 0 saturated carbocycles. The number of nitrogens with zero attached hydrogens (tertiary/aromatic N) is 2. The molecule has 0 unspecified atom stereocenters. The van der Waals surface area contributed by atoms with Crippen LogP contribution in [-0.4, -0.2) is 28.0 Å². The molecule has 0 fully saturated rings. The first-order valence-electron chi connectivity index (χ1n) is 7.86. The van der Waals surface area contributed by atoms with Crippen LogP contribution in [0.4, 0.5) is 0 Å². The van der Waals surface area contributed by atoms with Crippen LogP contribution in [0.3, 0.4) is 0 Å². The van der Waals surface area contributed by atoms with Crippen molar-refractivity contribution in [2.75, 3.05) is 13.1 Å². The second-order valence-corrected chi connectivity index (χ2v) is 6.96. The Bertz CT molecular complexity index is 431. The maximum atomic E-state index is 5.79. The van der Waals surface area contributed by atoms with Crippen LogP contribution in [0.5, 0.6) is 0 Å². The molecule has 0 atom stereocenters. The fraction of sp³-hybridized carbons (Fsp3) is 0.647. The molecule has 0 amide bonds. The molecule has 0 radical (unpaired) electrons. The summed E-state index contributed by atoms with van der Waals surface area (Å²) in [5.41, 5.74) is 7.69. The molecule has 0 aliphatic rings. The number of thiocarbonyl (C=S) groups is 1. The largest absolute Gasteiger partial charge is 0.388 e. The van der Waals surface area contributed by atoms with Crippen LogP contribution in [0.25, 0.3) is 0 Å². The fourth-order valence-electron chi connectivity index (χ4n) is 2.18. The molecule has 0 saturated heterocycles. The number of hydrogen-bond acceptors (Lipinski definition) is 3. The topological polar surface area (TPSA) is 42.2 Å². The van der Waals surface area contributed by atoms with E-state index < -0.39 is 0 Å². The highest BCUT2D eigenvalue weighted by Crippen LogP contribution is 2.13. The van der Waals surface area contributed by atoms with Crippen LogP contribution in [0.15, 0.2) is 18.3 Å². The molecule has 0 aromatic carbocycles. The van der Waals surface area contributed by atoms with Gasteiger partial charge in [-0.2, -0.15) is 0 Å². The quantitative estimate of drug-likeness (QED) is 0.708. The zero-order chi connectivity index (χ0) is 15.8. The minimum atomic E-state index is 0.387. The Morgan fingerprint density at radius 3 is 2.24 bits per heavy atom. The van der Waals surface area contributed by atoms with E-state index in [0.717, 1.165) is 42.7 Å². The Balaban J connectivity index is 2.76. The minimum absolute atomic E-state index is 0.387. The Labute approximate surface area is 134 Å². The molecule has 0 spiro atoms. The molecule has 21 heavy (non-hydrogen) atoms. The third-order valence-corrected chi connectivity index (χ3v) is 3.76. The van der Waals surface area contributed by atoms with Gasteiger partial charge in [0.05, 0.1) is 0 Å². The highest BCUT2D eigenvalue weighted by atomic mass is 32.1. The summed E-state index contributed by atoms with van der Waals surface area (Å²) >= 11 is 5.11. The van der Waals surface area contributed by atoms with Gasteiger partial charge < -0.3 is 5.73 Å². The standard InChI is InChI=1S/C17H29N3S/c1-13(2)7-10-20(11-8-14(3)4)12-15-6-5-9-19-16(15)17(18)21/h5-6,9,13-14H,7-8,10-12H2,1-4H3,(H2,18,21). The number of aromatic nitrogens is 1. The molecule has 118 valence electrons. The van der Waals surface area contributed by atoms with E-state index in [1.165, 1.54) is 12.8 Å². The molecule has 1 aromatic heterocycles. The molecule has 1 heterocycles. The highest BCUT2D eigenvalue weighted by Gasteiger charge is 2.12. The summed E-state index contributed by atoms with van der Waals surface area (Å²) in [5.74, 6) is 1.44. The number of nitrogens with two attached hydrogens (primary N) is 1. The molecule has 1 rings (SSSR count). The van der Waals surface area contributed by atoms with Gasteiger partial charge in [0.1, 0.15) is 10.7 Å². The van der Waals surface area contributed by atoms with Crippen molar-refractivity contribution in [2.45, 2.75) is 47.1 Å². The smallest absolute Gasteiger partial charge is 0.123 e. The van der Waals surface area contributed by atoms with Crippen LogP contribution < -0.4 is 5.73 Å². The van der Waals surface area contributed by atoms with Crippen molar-refractivity contribution in [3.05, 3.63) is 29.6 Å². The first kappa shape index (κ1) is 18.1. The van der Waals surface area contributed by atoms with Gasteiger partial charge in [-0.3, -0.25) is 9.88 Å². The number of hydrogen-bond donors (Lipinski definition) is 1. The molecule has 0 aliphatic carbocycles. The lowest BCUT2D eigenvalue weighted by molar-refractivity contribution is 0.235. The van der Waals surface area contributed by atoms with Gasteiger partial charge in [-0.25, -0.2) is 0 Å². The van der Waals surface area contributed by atoms with Gasteiger partial charge in [0.15, 0.2) is 0 Å². The summed E-state index contributed by atoms with van der Waals surface area (Å²) in [5, 5.41) is 0. The van der Waals surface area contributed by atoms with Crippen LogP contribution in [0.1, 0.15) is 51.8 Å². The normalized spacial score (nSPS) is 11.6. The van der Waals surface area contributed by atoms with E-state index in [1.807, 2.05) is 6.07 Å². The zero-order valence-electron chi connectivity index (χ0n) is 13.8. The predicted molar refractivity (Wildman–Crippen MR) is 94.3 cm³/mol.